The lowest BCUT2D eigenvalue weighted by atomic mass is 10.0. The molecule has 4 rings (SSSR count). The Morgan fingerprint density at radius 1 is 1.37 bits per heavy atom. The van der Waals surface area contributed by atoms with Gasteiger partial charge in [-0.2, -0.15) is 10.4 Å². The topological polar surface area (TPSA) is 86.7 Å². The summed E-state index contributed by atoms with van der Waals surface area (Å²) in [6, 6.07) is 8.06. The van der Waals surface area contributed by atoms with Gasteiger partial charge in [0, 0.05) is 30.4 Å². The number of rotatable bonds is 4. The van der Waals surface area contributed by atoms with Gasteiger partial charge in [-0.15, -0.1) is 0 Å². The Hall–Kier alpha value is -3.11. The van der Waals surface area contributed by atoms with E-state index >= 15 is 0 Å². The zero-order valence-corrected chi connectivity index (χ0v) is 15.2. The molecule has 0 spiro atoms. The molecule has 1 aliphatic rings. The molecule has 7 heteroatoms. The molecule has 0 unspecified atom stereocenters. The van der Waals surface area contributed by atoms with Crippen LogP contribution in [-0.4, -0.2) is 45.5 Å². The summed E-state index contributed by atoms with van der Waals surface area (Å²) in [5, 5.41) is 23.6. The highest BCUT2D eigenvalue weighted by atomic mass is 16.5. The van der Waals surface area contributed by atoms with E-state index in [9.17, 15) is 10.4 Å². The number of aliphatic hydroxyl groups is 1. The van der Waals surface area contributed by atoms with E-state index in [-0.39, 0.29) is 6.10 Å². The smallest absolute Gasteiger partial charge is 0.138 e. The van der Waals surface area contributed by atoms with Crippen molar-refractivity contribution in [3.8, 4) is 22.9 Å². The van der Waals surface area contributed by atoms with Crippen LogP contribution in [0.4, 0.5) is 5.82 Å². The van der Waals surface area contributed by atoms with Gasteiger partial charge >= 0.3 is 0 Å². The highest BCUT2D eigenvalue weighted by Crippen LogP contribution is 2.31. The van der Waals surface area contributed by atoms with E-state index in [1.165, 1.54) is 0 Å². The zero-order chi connectivity index (χ0) is 18.8. The zero-order valence-electron chi connectivity index (χ0n) is 15.2. The SMILES string of the molecule is CCOc1cc(-c2ccc(N3CCC[C@@H](O)C3)nc2)c2c(C#N)cnn2c1. The van der Waals surface area contributed by atoms with Crippen LogP contribution in [0.5, 0.6) is 5.75 Å². The summed E-state index contributed by atoms with van der Waals surface area (Å²) < 4.78 is 7.32. The molecule has 0 aliphatic carbocycles. The largest absolute Gasteiger partial charge is 0.492 e. The first-order chi connectivity index (χ1) is 13.2. The summed E-state index contributed by atoms with van der Waals surface area (Å²) in [5.41, 5.74) is 2.99. The second-order valence-electron chi connectivity index (χ2n) is 6.63. The number of piperidine rings is 1. The summed E-state index contributed by atoms with van der Waals surface area (Å²) in [7, 11) is 0. The van der Waals surface area contributed by atoms with Gasteiger partial charge in [0.15, 0.2) is 0 Å². The minimum Gasteiger partial charge on any atom is -0.492 e. The number of nitrogens with zero attached hydrogens (tertiary/aromatic N) is 5. The average Bonchev–Trinajstić information content (AvgIpc) is 3.11. The lowest BCUT2D eigenvalue weighted by Crippen LogP contribution is -2.38. The number of hydrogen-bond acceptors (Lipinski definition) is 6. The fourth-order valence-corrected chi connectivity index (χ4v) is 3.54. The molecule has 138 valence electrons. The summed E-state index contributed by atoms with van der Waals surface area (Å²) in [6.45, 7) is 3.98. The fraction of sp³-hybridized carbons (Fsp3) is 0.350. The second-order valence-corrected chi connectivity index (χ2v) is 6.63. The predicted molar refractivity (Wildman–Crippen MR) is 102 cm³/mol. The van der Waals surface area contributed by atoms with Crippen LogP contribution in [0.3, 0.4) is 0 Å². The first-order valence-corrected chi connectivity index (χ1v) is 9.13. The van der Waals surface area contributed by atoms with Crippen molar-refractivity contribution in [2.24, 2.45) is 0 Å². The van der Waals surface area contributed by atoms with Crippen LogP contribution in [0.15, 0.2) is 36.8 Å². The molecular formula is C20H21N5O2. The van der Waals surface area contributed by atoms with Crippen LogP contribution in [-0.2, 0) is 0 Å². The fourth-order valence-electron chi connectivity index (χ4n) is 3.54. The molecule has 27 heavy (non-hydrogen) atoms. The van der Waals surface area contributed by atoms with Crippen LogP contribution in [0, 0.1) is 11.3 Å². The first-order valence-electron chi connectivity index (χ1n) is 9.13. The van der Waals surface area contributed by atoms with Crippen molar-refractivity contribution in [2.75, 3.05) is 24.6 Å². The number of anilines is 1. The molecule has 0 bridgehead atoms. The number of pyridine rings is 2. The molecule has 7 nitrogen and oxygen atoms in total. The van der Waals surface area contributed by atoms with Gasteiger partial charge in [-0.3, -0.25) is 0 Å². The van der Waals surface area contributed by atoms with Gasteiger partial charge in [0.25, 0.3) is 0 Å². The average molecular weight is 363 g/mol. The molecule has 1 atom stereocenters. The van der Waals surface area contributed by atoms with E-state index in [1.807, 2.05) is 25.1 Å². The van der Waals surface area contributed by atoms with Crippen molar-refractivity contribution < 1.29 is 9.84 Å². The minimum atomic E-state index is -0.298. The Balaban J connectivity index is 1.75. The summed E-state index contributed by atoms with van der Waals surface area (Å²) in [4.78, 5) is 6.70. The third-order valence-corrected chi connectivity index (χ3v) is 4.80. The molecular weight excluding hydrogens is 342 g/mol. The summed E-state index contributed by atoms with van der Waals surface area (Å²) in [6.07, 6.45) is 6.65. The van der Waals surface area contributed by atoms with E-state index in [0.29, 0.717) is 24.5 Å². The number of aliphatic hydroxyl groups excluding tert-OH is 1. The van der Waals surface area contributed by atoms with Gasteiger partial charge in [0.1, 0.15) is 17.6 Å². The Kier molecular flexibility index (Phi) is 4.65. The molecule has 0 aromatic carbocycles. The third-order valence-electron chi connectivity index (χ3n) is 4.80. The van der Waals surface area contributed by atoms with Crippen LogP contribution < -0.4 is 9.64 Å². The van der Waals surface area contributed by atoms with Crippen molar-refractivity contribution in [2.45, 2.75) is 25.9 Å². The molecule has 1 fully saturated rings. The third kappa shape index (κ3) is 3.32. The molecule has 1 N–H and O–H groups in total. The number of hydrogen-bond donors (Lipinski definition) is 1. The van der Waals surface area contributed by atoms with Crippen LogP contribution in [0.1, 0.15) is 25.3 Å². The monoisotopic (exact) mass is 363 g/mol. The van der Waals surface area contributed by atoms with Crippen LogP contribution in [0.2, 0.25) is 0 Å². The van der Waals surface area contributed by atoms with Gasteiger partial charge in [-0.1, -0.05) is 0 Å². The number of ether oxygens (including phenoxy) is 1. The van der Waals surface area contributed by atoms with E-state index < -0.39 is 0 Å². The quantitative estimate of drug-likeness (QED) is 0.767. The van der Waals surface area contributed by atoms with Crippen molar-refractivity contribution in [1.29, 1.82) is 5.26 Å². The van der Waals surface area contributed by atoms with E-state index in [2.05, 4.69) is 21.1 Å². The van der Waals surface area contributed by atoms with Crippen molar-refractivity contribution in [3.05, 3.63) is 42.4 Å². The van der Waals surface area contributed by atoms with Gasteiger partial charge in [-0.05, 0) is 38.0 Å². The van der Waals surface area contributed by atoms with Gasteiger partial charge in [0.2, 0.25) is 0 Å². The standard InChI is InChI=1S/C20H21N5O2/c1-2-27-17-8-18(20-15(9-21)11-23-25(20)13-17)14-5-6-19(22-10-14)24-7-3-4-16(26)12-24/h5-6,8,10-11,13,16,26H,2-4,7,12H2,1H3/t16-/m1/s1. The molecule has 1 aliphatic heterocycles. The van der Waals surface area contributed by atoms with Crippen molar-refractivity contribution in [3.63, 3.8) is 0 Å². The number of β-amino-alcohol motifs (C(OH)–C–C–N with tert-alkyl or cyclic N) is 1. The maximum absolute atomic E-state index is 9.88. The normalized spacial score (nSPS) is 17.1. The summed E-state index contributed by atoms with van der Waals surface area (Å²) in [5.74, 6) is 1.54. The maximum Gasteiger partial charge on any atom is 0.138 e. The predicted octanol–water partition coefficient (Wildman–Crippen LogP) is 2.63. The lowest BCUT2D eigenvalue weighted by molar-refractivity contribution is 0.154. The maximum atomic E-state index is 9.88. The van der Waals surface area contributed by atoms with E-state index in [4.69, 9.17) is 4.74 Å². The van der Waals surface area contributed by atoms with E-state index in [1.54, 1.807) is 23.1 Å². The number of nitriles is 1. The molecule has 3 aromatic heterocycles. The number of fused-ring (bicyclic) bond motifs is 1. The van der Waals surface area contributed by atoms with Gasteiger partial charge in [-0.25, -0.2) is 9.50 Å². The van der Waals surface area contributed by atoms with Crippen LogP contribution in [0.25, 0.3) is 16.6 Å². The Labute approximate surface area is 157 Å². The van der Waals surface area contributed by atoms with Crippen LogP contribution >= 0.6 is 0 Å². The highest BCUT2D eigenvalue weighted by molar-refractivity contribution is 5.85. The Morgan fingerprint density at radius 3 is 2.96 bits per heavy atom. The van der Waals surface area contributed by atoms with Crippen molar-refractivity contribution in [1.82, 2.24) is 14.6 Å². The van der Waals surface area contributed by atoms with Gasteiger partial charge < -0.3 is 14.7 Å². The highest BCUT2D eigenvalue weighted by Gasteiger charge is 2.19. The molecule has 0 saturated carbocycles. The molecule has 3 aromatic rings. The lowest BCUT2D eigenvalue weighted by Gasteiger charge is -2.31. The molecule has 4 heterocycles. The minimum absolute atomic E-state index is 0.298. The number of aromatic nitrogens is 3. The second kappa shape index (κ2) is 7.25. The summed E-state index contributed by atoms with van der Waals surface area (Å²) >= 11 is 0. The molecule has 1 saturated heterocycles. The molecule has 0 radical (unpaired) electrons. The first kappa shape index (κ1) is 17.3. The Bertz CT molecular complexity index is 990. The van der Waals surface area contributed by atoms with Crippen molar-refractivity contribution >= 4 is 11.3 Å². The Morgan fingerprint density at radius 2 is 2.26 bits per heavy atom. The molecule has 0 amide bonds. The van der Waals surface area contributed by atoms with Gasteiger partial charge in [0.05, 0.1) is 36.2 Å². The van der Waals surface area contributed by atoms with E-state index in [0.717, 1.165) is 41.8 Å².